The summed E-state index contributed by atoms with van der Waals surface area (Å²) in [6, 6.07) is 9.16. The van der Waals surface area contributed by atoms with Gasteiger partial charge in [0.2, 0.25) is 5.91 Å². The Morgan fingerprint density at radius 2 is 1.69 bits per heavy atom. The van der Waals surface area contributed by atoms with Gasteiger partial charge in [0.25, 0.3) is 5.91 Å². The molecule has 4 heterocycles. The smallest absolute Gasteiger partial charge is 0.254 e. The third-order valence-electron chi connectivity index (χ3n) is 6.39. The topological polar surface area (TPSA) is 84.0 Å². The number of pyridine rings is 1. The normalized spacial score (nSPS) is 18.5. The molecule has 0 radical (unpaired) electrons. The second-order valence-electron chi connectivity index (χ2n) is 8.51. The molecule has 2 aromatic rings. The molecule has 5 rings (SSSR count). The summed E-state index contributed by atoms with van der Waals surface area (Å²) in [6.07, 6.45) is 5.33. The summed E-state index contributed by atoms with van der Waals surface area (Å²) in [6.45, 7) is 4.19. The maximum Gasteiger partial charge on any atom is 0.254 e. The second kappa shape index (κ2) is 9.06. The van der Waals surface area contributed by atoms with Gasteiger partial charge in [-0.25, -0.2) is 4.98 Å². The number of hydrogen-bond donors (Lipinski definition) is 1. The molecule has 1 N–H and O–H groups in total. The first kappa shape index (κ1) is 20.6. The summed E-state index contributed by atoms with van der Waals surface area (Å²) in [5, 5.41) is 3.01. The number of rotatable bonds is 4. The molecular formula is C24H28N4O4. The zero-order valence-electron chi connectivity index (χ0n) is 18.1. The van der Waals surface area contributed by atoms with E-state index in [2.05, 4.69) is 15.2 Å². The molecule has 3 aliphatic rings. The molecule has 2 saturated heterocycles. The van der Waals surface area contributed by atoms with Crippen LogP contribution in [0.25, 0.3) is 0 Å². The van der Waals surface area contributed by atoms with Crippen molar-refractivity contribution in [3.05, 3.63) is 42.1 Å². The molecule has 168 valence electrons. The maximum atomic E-state index is 12.8. The third-order valence-corrected chi connectivity index (χ3v) is 6.39. The number of amides is 2. The van der Waals surface area contributed by atoms with Crippen molar-refractivity contribution in [3.8, 4) is 11.5 Å². The first-order chi connectivity index (χ1) is 15.7. The van der Waals surface area contributed by atoms with E-state index in [4.69, 9.17) is 9.47 Å². The highest BCUT2D eigenvalue weighted by Crippen LogP contribution is 2.33. The van der Waals surface area contributed by atoms with E-state index in [-0.39, 0.29) is 17.7 Å². The van der Waals surface area contributed by atoms with Crippen molar-refractivity contribution in [2.75, 3.05) is 49.6 Å². The second-order valence-corrected chi connectivity index (χ2v) is 8.51. The number of ether oxygens (including phenoxy) is 2. The average Bonchev–Trinajstić information content (AvgIpc) is 3.39. The van der Waals surface area contributed by atoms with Crippen molar-refractivity contribution in [1.82, 2.24) is 9.88 Å². The van der Waals surface area contributed by atoms with Crippen LogP contribution >= 0.6 is 0 Å². The third kappa shape index (κ3) is 4.35. The van der Waals surface area contributed by atoms with Gasteiger partial charge in [0.15, 0.2) is 11.5 Å². The van der Waals surface area contributed by atoms with Gasteiger partial charge in [-0.1, -0.05) is 0 Å². The van der Waals surface area contributed by atoms with Crippen LogP contribution in [0.5, 0.6) is 11.5 Å². The number of nitrogens with one attached hydrogen (secondary N) is 1. The molecule has 3 aliphatic heterocycles. The van der Waals surface area contributed by atoms with Gasteiger partial charge in [0.05, 0.1) is 0 Å². The van der Waals surface area contributed by atoms with E-state index in [0.717, 1.165) is 63.4 Å². The molecule has 2 amide bonds. The number of fused-ring (bicyclic) bond motifs is 1. The number of hydrogen-bond acceptors (Lipinski definition) is 6. The van der Waals surface area contributed by atoms with Crippen LogP contribution in [0.4, 0.5) is 11.5 Å². The zero-order chi connectivity index (χ0) is 21.9. The highest BCUT2D eigenvalue weighted by Gasteiger charge is 2.27. The van der Waals surface area contributed by atoms with E-state index in [1.54, 1.807) is 12.3 Å². The Balaban J connectivity index is 1.17. The quantitative estimate of drug-likeness (QED) is 0.793. The van der Waals surface area contributed by atoms with Crippen molar-refractivity contribution < 1.29 is 19.1 Å². The Kier molecular flexibility index (Phi) is 5.83. The molecule has 0 spiro atoms. The summed E-state index contributed by atoms with van der Waals surface area (Å²) in [7, 11) is 0. The lowest BCUT2D eigenvalue weighted by Crippen LogP contribution is -2.38. The Bertz CT molecular complexity index is 997. The number of benzene rings is 1. The van der Waals surface area contributed by atoms with Gasteiger partial charge in [-0.05, 0) is 49.9 Å². The minimum atomic E-state index is -0.0612. The molecule has 0 aliphatic carbocycles. The number of likely N-dealkylation sites (tertiary alicyclic amines) is 1. The number of anilines is 2. The molecule has 0 saturated carbocycles. The lowest BCUT2D eigenvalue weighted by atomic mass is 9.95. The molecule has 0 unspecified atom stereocenters. The SMILES string of the molecule is O=C(Nc1ccc2c(c1)OCCO2)C1CCN(c2cc(C(=O)N3CCCC3)ccn2)CC1. The van der Waals surface area contributed by atoms with Crippen molar-refractivity contribution in [3.63, 3.8) is 0 Å². The molecule has 0 atom stereocenters. The summed E-state index contributed by atoms with van der Waals surface area (Å²) >= 11 is 0. The van der Waals surface area contributed by atoms with Crippen molar-refractivity contribution in [1.29, 1.82) is 0 Å². The minimum Gasteiger partial charge on any atom is -0.486 e. The molecule has 8 nitrogen and oxygen atoms in total. The lowest BCUT2D eigenvalue weighted by molar-refractivity contribution is -0.120. The van der Waals surface area contributed by atoms with E-state index < -0.39 is 0 Å². The number of aromatic nitrogens is 1. The van der Waals surface area contributed by atoms with E-state index in [1.165, 1.54) is 0 Å². The fraction of sp³-hybridized carbons (Fsp3) is 0.458. The first-order valence-electron chi connectivity index (χ1n) is 11.4. The lowest BCUT2D eigenvalue weighted by Gasteiger charge is -2.32. The molecule has 2 fully saturated rings. The van der Waals surface area contributed by atoms with Crippen molar-refractivity contribution in [2.45, 2.75) is 25.7 Å². The van der Waals surface area contributed by atoms with E-state index in [1.807, 2.05) is 29.2 Å². The van der Waals surface area contributed by atoms with Gasteiger partial charge in [-0.2, -0.15) is 0 Å². The van der Waals surface area contributed by atoms with Gasteiger partial charge >= 0.3 is 0 Å². The highest BCUT2D eigenvalue weighted by molar-refractivity contribution is 5.95. The molecule has 1 aromatic heterocycles. The molecule has 32 heavy (non-hydrogen) atoms. The Morgan fingerprint density at radius 1 is 0.938 bits per heavy atom. The Hall–Kier alpha value is -3.29. The number of carbonyl (C=O) groups excluding carboxylic acids is 2. The monoisotopic (exact) mass is 436 g/mol. The van der Waals surface area contributed by atoms with Crippen LogP contribution in [-0.2, 0) is 4.79 Å². The largest absolute Gasteiger partial charge is 0.486 e. The van der Waals surface area contributed by atoms with Crippen LogP contribution in [0.1, 0.15) is 36.0 Å². The average molecular weight is 437 g/mol. The summed E-state index contributed by atoms with van der Waals surface area (Å²) in [4.78, 5) is 34.0. The van der Waals surface area contributed by atoms with Crippen molar-refractivity contribution in [2.24, 2.45) is 5.92 Å². The van der Waals surface area contributed by atoms with Gasteiger partial charge in [-0.15, -0.1) is 0 Å². The van der Waals surface area contributed by atoms with E-state index >= 15 is 0 Å². The molecule has 8 heteroatoms. The minimum absolute atomic E-state index is 0.0206. The standard InChI is InChI=1S/C24H28N4O4/c29-23(26-19-3-4-20-21(16-19)32-14-13-31-20)17-6-11-27(12-7-17)22-15-18(5-8-25-22)24(30)28-9-1-2-10-28/h3-5,8,15-17H,1-2,6-7,9-14H2,(H,26,29). The number of nitrogens with zero attached hydrogens (tertiary/aromatic N) is 3. The first-order valence-corrected chi connectivity index (χ1v) is 11.4. The van der Waals surface area contributed by atoms with Crippen LogP contribution < -0.4 is 19.7 Å². The van der Waals surface area contributed by atoms with E-state index in [9.17, 15) is 9.59 Å². The van der Waals surface area contributed by atoms with Gasteiger partial charge in [0.1, 0.15) is 19.0 Å². The van der Waals surface area contributed by atoms with Crippen LogP contribution in [0.3, 0.4) is 0 Å². The van der Waals surface area contributed by atoms with E-state index in [0.29, 0.717) is 30.3 Å². The Morgan fingerprint density at radius 3 is 2.47 bits per heavy atom. The van der Waals surface area contributed by atoms with Crippen LogP contribution in [-0.4, -0.2) is 61.1 Å². The predicted octanol–water partition coefficient (Wildman–Crippen LogP) is 2.94. The molecule has 0 bridgehead atoms. The zero-order valence-corrected chi connectivity index (χ0v) is 18.1. The van der Waals surface area contributed by atoms with Crippen molar-refractivity contribution >= 4 is 23.3 Å². The summed E-state index contributed by atoms with van der Waals surface area (Å²) < 4.78 is 11.1. The maximum absolute atomic E-state index is 12.8. The van der Waals surface area contributed by atoms with Gasteiger partial charge in [0, 0.05) is 55.6 Å². The fourth-order valence-corrected chi connectivity index (χ4v) is 4.56. The highest BCUT2D eigenvalue weighted by atomic mass is 16.6. The van der Waals surface area contributed by atoms with Crippen LogP contribution in [0.2, 0.25) is 0 Å². The van der Waals surface area contributed by atoms with Gasteiger partial charge < -0.3 is 24.6 Å². The Labute approximate surface area is 187 Å². The van der Waals surface area contributed by atoms with Crippen LogP contribution in [0.15, 0.2) is 36.5 Å². The summed E-state index contributed by atoms with van der Waals surface area (Å²) in [5.41, 5.74) is 1.41. The van der Waals surface area contributed by atoms with Gasteiger partial charge in [-0.3, -0.25) is 9.59 Å². The fourth-order valence-electron chi connectivity index (χ4n) is 4.56. The number of carbonyl (C=O) groups is 2. The molecular weight excluding hydrogens is 408 g/mol. The summed E-state index contributed by atoms with van der Waals surface area (Å²) in [5.74, 6) is 2.22. The molecule has 1 aromatic carbocycles. The predicted molar refractivity (Wildman–Crippen MR) is 120 cm³/mol. The number of piperidine rings is 1. The van der Waals surface area contributed by atoms with Crippen LogP contribution in [0, 0.1) is 5.92 Å².